The number of nitrogens with zero attached hydrogens (tertiary/aromatic N) is 1. The van der Waals surface area contributed by atoms with Gasteiger partial charge in [0, 0.05) is 43.9 Å². The van der Waals surface area contributed by atoms with E-state index < -0.39 is 0 Å². The van der Waals surface area contributed by atoms with Crippen molar-refractivity contribution in [2.45, 2.75) is 31.8 Å². The lowest BCUT2D eigenvalue weighted by atomic mass is 9.85. The van der Waals surface area contributed by atoms with Gasteiger partial charge in [-0.2, -0.15) is 0 Å². The first kappa shape index (κ1) is 14.2. The van der Waals surface area contributed by atoms with E-state index in [1.165, 1.54) is 5.69 Å². The van der Waals surface area contributed by atoms with Crippen molar-refractivity contribution >= 4 is 11.6 Å². The molecule has 0 aliphatic carbocycles. The maximum absolute atomic E-state index is 11.5. The minimum absolute atomic E-state index is 0.203. The molecule has 3 rings (SSSR count). The lowest BCUT2D eigenvalue weighted by Gasteiger charge is -2.43. The number of hydrogen-bond donors (Lipinski definition) is 2. The number of methoxy groups -OCH3 is 1. The highest BCUT2D eigenvalue weighted by Crippen LogP contribution is 2.32. The van der Waals surface area contributed by atoms with Crippen LogP contribution in [0.5, 0.6) is 5.75 Å². The molecule has 2 saturated heterocycles. The van der Waals surface area contributed by atoms with Crippen molar-refractivity contribution in [2.24, 2.45) is 11.7 Å². The lowest BCUT2D eigenvalue weighted by Crippen LogP contribution is -2.54. The summed E-state index contributed by atoms with van der Waals surface area (Å²) in [5.74, 6) is 1.60. The number of hydrogen-bond acceptors (Lipinski definition) is 4. The maximum atomic E-state index is 11.5. The molecule has 2 atom stereocenters. The van der Waals surface area contributed by atoms with Gasteiger partial charge in [-0.25, -0.2) is 0 Å². The summed E-state index contributed by atoms with van der Waals surface area (Å²) in [6.45, 7) is 2.45. The zero-order valence-corrected chi connectivity index (χ0v) is 12.5. The Morgan fingerprint density at radius 2 is 2.29 bits per heavy atom. The van der Waals surface area contributed by atoms with Crippen LogP contribution in [0.4, 0.5) is 5.69 Å². The molecule has 2 unspecified atom stereocenters. The van der Waals surface area contributed by atoms with E-state index in [0.717, 1.165) is 37.2 Å². The van der Waals surface area contributed by atoms with Gasteiger partial charge in [-0.15, -0.1) is 0 Å². The van der Waals surface area contributed by atoms with Crippen LogP contribution in [0.1, 0.15) is 24.8 Å². The van der Waals surface area contributed by atoms with Gasteiger partial charge in [-0.1, -0.05) is 6.07 Å². The second kappa shape index (κ2) is 5.93. The SMILES string of the molecule is COc1ccc(CN)c(N2CCC3NC(=O)CCC3C2)c1. The van der Waals surface area contributed by atoms with Crippen molar-refractivity contribution in [2.75, 3.05) is 25.1 Å². The largest absolute Gasteiger partial charge is 0.497 e. The molecule has 0 bridgehead atoms. The van der Waals surface area contributed by atoms with Gasteiger partial charge in [0.2, 0.25) is 5.91 Å². The average Bonchev–Trinajstić information content (AvgIpc) is 2.53. The van der Waals surface area contributed by atoms with Crippen molar-refractivity contribution in [3.8, 4) is 5.75 Å². The number of amides is 1. The van der Waals surface area contributed by atoms with E-state index in [0.29, 0.717) is 24.9 Å². The summed E-state index contributed by atoms with van der Waals surface area (Å²) in [6.07, 6.45) is 2.63. The van der Waals surface area contributed by atoms with Crippen LogP contribution < -0.4 is 20.7 Å². The molecule has 2 fully saturated rings. The Labute approximate surface area is 125 Å². The Kier molecular flexibility index (Phi) is 4.01. The van der Waals surface area contributed by atoms with Crippen molar-refractivity contribution in [1.29, 1.82) is 0 Å². The standard InChI is InChI=1S/C16H23N3O2/c1-21-13-4-2-11(9-17)15(8-13)19-7-6-14-12(10-19)3-5-16(20)18-14/h2,4,8,12,14H,3,5-7,9-10,17H2,1H3,(H,18,20). The number of piperidine rings is 2. The third-order valence-electron chi connectivity index (χ3n) is 4.68. The fraction of sp³-hybridized carbons (Fsp3) is 0.562. The molecule has 1 amide bonds. The van der Waals surface area contributed by atoms with Gasteiger partial charge < -0.3 is 20.7 Å². The summed E-state index contributed by atoms with van der Waals surface area (Å²) >= 11 is 0. The summed E-state index contributed by atoms with van der Waals surface area (Å²) in [6, 6.07) is 6.42. The van der Waals surface area contributed by atoms with Crippen LogP contribution in [0.15, 0.2) is 18.2 Å². The van der Waals surface area contributed by atoms with Gasteiger partial charge in [-0.05, 0) is 30.4 Å². The van der Waals surface area contributed by atoms with E-state index in [4.69, 9.17) is 10.5 Å². The number of nitrogens with two attached hydrogens (primary N) is 1. The maximum Gasteiger partial charge on any atom is 0.220 e. The normalized spacial score (nSPS) is 25.2. The average molecular weight is 289 g/mol. The minimum atomic E-state index is 0.203. The number of carbonyl (C=O) groups excluding carboxylic acids is 1. The molecule has 21 heavy (non-hydrogen) atoms. The second-order valence-corrected chi connectivity index (χ2v) is 5.91. The molecule has 0 spiro atoms. The molecule has 5 heteroatoms. The molecule has 3 N–H and O–H groups in total. The summed E-state index contributed by atoms with van der Waals surface area (Å²) in [4.78, 5) is 13.9. The molecule has 114 valence electrons. The Morgan fingerprint density at radius 1 is 1.43 bits per heavy atom. The van der Waals surface area contributed by atoms with Gasteiger partial charge in [-0.3, -0.25) is 4.79 Å². The number of fused-ring (bicyclic) bond motifs is 1. The number of rotatable bonds is 3. The highest BCUT2D eigenvalue weighted by atomic mass is 16.5. The zero-order valence-electron chi connectivity index (χ0n) is 12.5. The first-order valence-electron chi connectivity index (χ1n) is 7.62. The predicted octanol–water partition coefficient (Wildman–Crippen LogP) is 1.26. The Hall–Kier alpha value is -1.75. The van der Waals surface area contributed by atoms with E-state index >= 15 is 0 Å². The smallest absolute Gasteiger partial charge is 0.220 e. The highest BCUT2D eigenvalue weighted by Gasteiger charge is 2.34. The van der Waals surface area contributed by atoms with Crippen LogP contribution in [-0.2, 0) is 11.3 Å². The first-order chi connectivity index (χ1) is 10.2. The van der Waals surface area contributed by atoms with Gasteiger partial charge >= 0.3 is 0 Å². The van der Waals surface area contributed by atoms with E-state index in [1.807, 2.05) is 12.1 Å². The molecule has 0 radical (unpaired) electrons. The Balaban J connectivity index is 1.80. The number of ether oxygens (including phenoxy) is 1. The third-order valence-corrected chi connectivity index (χ3v) is 4.68. The molecular weight excluding hydrogens is 266 g/mol. The molecule has 2 aliphatic heterocycles. The Morgan fingerprint density at radius 3 is 3.05 bits per heavy atom. The highest BCUT2D eigenvalue weighted by molar-refractivity contribution is 5.77. The third kappa shape index (κ3) is 2.83. The van der Waals surface area contributed by atoms with Gasteiger partial charge in [0.15, 0.2) is 0 Å². The molecule has 1 aromatic rings. The van der Waals surface area contributed by atoms with E-state index in [1.54, 1.807) is 7.11 Å². The molecular formula is C16H23N3O2. The summed E-state index contributed by atoms with van der Waals surface area (Å²) in [7, 11) is 1.68. The van der Waals surface area contributed by atoms with Crippen LogP contribution in [0, 0.1) is 5.92 Å². The monoisotopic (exact) mass is 289 g/mol. The zero-order chi connectivity index (χ0) is 14.8. The summed E-state index contributed by atoms with van der Waals surface area (Å²) in [5.41, 5.74) is 8.19. The van der Waals surface area contributed by atoms with Crippen molar-refractivity contribution in [3.63, 3.8) is 0 Å². The number of carbonyl (C=O) groups is 1. The van der Waals surface area contributed by atoms with Crippen molar-refractivity contribution in [3.05, 3.63) is 23.8 Å². The number of anilines is 1. The molecule has 2 aliphatic rings. The van der Waals surface area contributed by atoms with E-state index in [2.05, 4.69) is 16.3 Å². The van der Waals surface area contributed by atoms with Crippen molar-refractivity contribution in [1.82, 2.24) is 5.32 Å². The van der Waals surface area contributed by atoms with Crippen LogP contribution in [0.3, 0.4) is 0 Å². The predicted molar refractivity (Wildman–Crippen MR) is 82.4 cm³/mol. The van der Waals surface area contributed by atoms with Gasteiger partial charge in [0.1, 0.15) is 5.75 Å². The summed E-state index contributed by atoms with van der Waals surface area (Å²) in [5, 5.41) is 3.13. The van der Waals surface area contributed by atoms with Crippen LogP contribution in [-0.4, -0.2) is 32.1 Å². The number of nitrogens with one attached hydrogen (secondary N) is 1. The molecule has 0 saturated carbocycles. The number of benzene rings is 1. The van der Waals surface area contributed by atoms with Crippen molar-refractivity contribution < 1.29 is 9.53 Å². The fourth-order valence-corrected chi connectivity index (χ4v) is 3.47. The Bertz CT molecular complexity index is 532. The first-order valence-corrected chi connectivity index (χ1v) is 7.62. The van der Waals surface area contributed by atoms with E-state index in [9.17, 15) is 4.79 Å². The van der Waals surface area contributed by atoms with Crippen LogP contribution >= 0.6 is 0 Å². The molecule has 0 aromatic heterocycles. The van der Waals surface area contributed by atoms with E-state index in [-0.39, 0.29) is 5.91 Å². The van der Waals surface area contributed by atoms with Crippen LogP contribution in [0.25, 0.3) is 0 Å². The lowest BCUT2D eigenvalue weighted by molar-refractivity contribution is -0.124. The fourth-order valence-electron chi connectivity index (χ4n) is 3.47. The minimum Gasteiger partial charge on any atom is -0.497 e. The van der Waals surface area contributed by atoms with Gasteiger partial charge in [0.25, 0.3) is 0 Å². The topological polar surface area (TPSA) is 67.6 Å². The summed E-state index contributed by atoms with van der Waals surface area (Å²) < 4.78 is 5.34. The quantitative estimate of drug-likeness (QED) is 0.879. The van der Waals surface area contributed by atoms with Gasteiger partial charge in [0.05, 0.1) is 7.11 Å². The van der Waals surface area contributed by atoms with Crippen LogP contribution in [0.2, 0.25) is 0 Å². The molecule has 1 aromatic carbocycles. The molecule has 2 heterocycles. The second-order valence-electron chi connectivity index (χ2n) is 5.91. The molecule has 5 nitrogen and oxygen atoms in total.